The monoisotopic (exact) mass is 229 g/mol. The van der Waals surface area contributed by atoms with Gasteiger partial charge in [-0.3, -0.25) is 0 Å². The second kappa shape index (κ2) is 4.47. The number of hydrogen-bond acceptors (Lipinski definition) is 2. The van der Waals surface area contributed by atoms with Crippen LogP contribution in [0.3, 0.4) is 0 Å². The Morgan fingerprint density at radius 2 is 1.76 bits per heavy atom. The summed E-state index contributed by atoms with van der Waals surface area (Å²) in [6, 6.07) is 12.6. The van der Waals surface area contributed by atoms with Crippen molar-refractivity contribution in [2.75, 3.05) is 13.7 Å². The standard InChI is InChI=1S/C15H19NO/c1-11-8-9-14(15(2,10-16)17-3)13-7-5-4-6-12(11)13/h4-9H,10,16H2,1-3H3. The van der Waals surface area contributed by atoms with E-state index in [2.05, 4.69) is 43.3 Å². The maximum atomic E-state index is 5.85. The van der Waals surface area contributed by atoms with Crippen LogP contribution in [0.2, 0.25) is 0 Å². The molecule has 0 heterocycles. The molecule has 1 atom stereocenters. The van der Waals surface area contributed by atoms with Crippen LogP contribution in [0.15, 0.2) is 36.4 Å². The molecule has 0 aliphatic rings. The third-order valence-electron chi connectivity index (χ3n) is 3.55. The SMILES string of the molecule is COC(C)(CN)c1ccc(C)c2ccccc12. The molecule has 0 aliphatic heterocycles. The van der Waals surface area contributed by atoms with Crippen molar-refractivity contribution in [1.82, 2.24) is 0 Å². The number of nitrogens with two attached hydrogens (primary N) is 1. The summed E-state index contributed by atoms with van der Waals surface area (Å²) >= 11 is 0. The highest BCUT2D eigenvalue weighted by atomic mass is 16.5. The first-order valence-corrected chi connectivity index (χ1v) is 5.86. The number of methoxy groups -OCH3 is 1. The van der Waals surface area contributed by atoms with E-state index in [-0.39, 0.29) is 0 Å². The van der Waals surface area contributed by atoms with Crippen molar-refractivity contribution in [3.63, 3.8) is 0 Å². The molecule has 2 nitrogen and oxygen atoms in total. The Morgan fingerprint density at radius 1 is 1.12 bits per heavy atom. The molecule has 0 amide bonds. The molecule has 0 aliphatic carbocycles. The molecule has 2 rings (SSSR count). The van der Waals surface area contributed by atoms with E-state index in [0.717, 1.165) is 5.56 Å². The first-order valence-electron chi connectivity index (χ1n) is 5.86. The first kappa shape index (κ1) is 12.1. The number of aryl methyl sites for hydroxylation is 1. The fourth-order valence-electron chi connectivity index (χ4n) is 2.21. The highest BCUT2D eigenvalue weighted by Crippen LogP contribution is 2.31. The van der Waals surface area contributed by atoms with Crippen LogP contribution in [-0.4, -0.2) is 13.7 Å². The molecule has 0 saturated carbocycles. The summed E-state index contributed by atoms with van der Waals surface area (Å²) < 4.78 is 5.60. The third-order valence-corrected chi connectivity index (χ3v) is 3.55. The van der Waals surface area contributed by atoms with Gasteiger partial charge in [0.05, 0.1) is 0 Å². The summed E-state index contributed by atoms with van der Waals surface area (Å²) in [7, 11) is 1.71. The fraction of sp³-hybridized carbons (Fsp3) is 0.333. The minimum absolute atomic E-state index is 0.423. The number of rotatable bonds is 3. The van der Waals surface area contributed by atoms with Crippen LogP contribution in [-0.2, 0) is 10.3 Å². The molecule has 2 aromatic carbocycles. The number of ether oxygens (including phenoxy) is 1. The van der Waals surface area contributed by atoms with Gasteiger partial charge >= 0.3 is 0 Å². The van der Waals surface area contributed by atoms with Crippen molar-refractivity contribution in [3.8, 4) is 0 Å². The lowest BCUT2D eigenvalue weighted by molar-refractivity contribution is 0.0113. The maximum Gasteiger partial charge on any atom is 0.103 e. The average Bonchev–Trinajstić information content (AvgIpc) is 2.39. The lowest BCUT2D eigenvalue weighted by atomic mass is 9.89. The van der Waals surface area contributed by atoms with Gasteiger partial charge in [-0.2, -0.15) is 0 Å². The van der Waals surface area contributed by atoms with E-state index in [9.17, 15) is 0 Å². The van der Waals surface area contributed by atoms with Crippen LogP contribution in [0, 0.1) is 6.92 Å². The number of hydrogen-bond donors (Lipinski definition) is 1. The fourth-order valence-corrected chi connectivity index (χ4v) is 2.21. The predicted molar refractivity (Wildman–Crippen MR) is 72.1 cm³/mol. The Hall–Kier alpha value is -1.38. The zero-order chi connectivity index (χ0) is 12.5. The molecule has 0 fully saturated rings. The van der Waals surface area contributed by atoms with Crippen molar-refractivity contribution < 1.29 is 4.74 Å². The topological polar surface area (TPSA) is 35.2 Å². The number of benzene rings is 2. The second-order valence-electron chi connectivity index (χ2n) is 4.61. The molecular weight excluding hydrogens is 210 g/mol. The molecule has 0 aromatic heterocycles. The maximum absolute atomic E-state index is 5.85. The Balaban J connectivity index is 2.75. The summed E-state index contributed by atoms with van der Waals surface area (Å²) in [5.74, 6) is 0. The van der Waals surface area contributed by atoms with Crippen molar-refractivity contribution in [2.45, 2.75) is 19.4 Å². The summed E-state index contributed by atoms with van der Waals surface area (Å²) in [4.78, 5) is 0. The normalized spacial score (nSPS) is 14.8. The van der Waals surface area contributed by atoms with Crippen LogP contribution in [0.5, 0.6) is 0 Å². The molecule has 0 spiro atoms. The highest BCUT2D eigenvalue weighted by Gasteiger charge is 2.26. The molecule has 1 unspecified atom stereocenters. The van der Waals surface area contributed by atoms with E-state index in [0.29, 0.717) is 6.54 Å². The Bertz CT molecular complexity index is 529. The molecule has 0 bridgehead atoms. The van der Waals surface area contributed by atoms with E-state index in [1.54, 1.807) is 7.11 Å². The van der Waals surface area contributed by atoms with E-state index < -0.39 is 5.60 Å². The number of fused-ring (bicyclic) bond motifs is 1. The summed E-state index contributed by atoms with van der Waals surface area (Å²) in [6.45, 7) is 4.62. The quantitative estimate of drug-likeness (QED) is 0.878. The van der Waals surface area contributed by atoms with Gasteiger partial charge in [0, 0.05) is 13.7 Å². The van der Waals surface area contributed by atoms with E-state index >= 15 is 0 Å². The zero-order valence-electron chi connectivity index (χ0n) is 10.7. The van der Waals surface area contributed by atoms with Crippen molar-refractivity contribution in [2.24, 2.45) is 5.73 Å². The Kier molecular flexibility index (Phi) is 3.18. The van der Waals surface area contributed by atoms with E-state index in [1.807, 2.05) is 6.92 Å². The summed E-state index contributed by atoms with van der Waals surface area (Å²) in [5, 5.41) is 2.49. The van der Waals surface area contributed by atoms with Gasteiger partial charge < -0.3 is 10.5 Å². The Labute approximate surface area is 102 Å². The molecule has 0 radical (unpaired) electrons. The highest BCUT2D eigenvalue weighted by molar-refractivity contribution is 5.89. The lowest BCUT2D eigenvalue weighted by Gasteiger charge is -2.28. The van der Waals surface area contributed by atoms with Gasteiger partial charge in [-0.25, -0.2) is 0 Å². The van der Waals surface area contributed by atoms with Crippen LogP contribution in [0.4, 0.5) is 0 Å². The smallest absolute Gasteiger partial charge is 0.103 e. The van der Waals surface area contributed by atoms with Crippen LogP contribution in [0.25, 0.3) is 10.8 Å². The second-order valence-corrected chi connectivity index (χ2v) is 4.61. The van der Waals surface area contributed by atoms with E-state index in [1.165, 1.54) is 16.3 Å². The largest absolute Gasteiger partial charge is 0.372 e. The first-order chi connectivity index (χ1) is 8.12. The minimum Gasteiger partial charge on any atom is -0.372 e. The van der Waals surface area contributed by atoms with Gasteiger partial charge in [0.1, 0.15) is 5.60 Å². The van der Waals surface area contributed by atoms with Crippen molar-refractivity contribution >= 4 is 10.8 Å². The van der Waals surface area contributed by atoms with E-state index in [4.69, 9.17) is 10.5 Å². The van der Waals surface area contributed by atoms with Crippen molar-refractivity contribution in [3.05, 3.63) is 47.5 Å². The summed E-state index contributed by atoms with van der Waals surface area (Å²) in [6.07, 6.45) is 0. The van der Waals surface area contributed by atoms with Gasteiger partial charge in [0.25, 0.3) is 0 Å². The van der Waals surface area contributed by atoms with Gasteiger partial charge in [-0.05, 0) is 35.7 Å². The predicted octanol–water partition coefficient (Wildman–Crippen LogP) is 2.97. The van der Waals surface area contributed by atoms with Crippen LogP contribution < -0.4 is 5.73 Å². The molecule has 2 aromatic rings. The Morgan fingerprint density at radius 3 is 2.35 bits per heavy atom. The molecule has 2 N–H and O–H groups in total. The van der Waals surface area contributed by atoms with Gasteiger partial charge in [-0.15, -0.1) is 0 Å². The molecular formula is C15H19NO. The van der Waals surface area contributed by atoms with Crippen LogP contribution in [0.1, 0.15) is 18.1 Å². The van der Waals surface area contributed by atoms with Crippen molar-refractivity contribution in [1.29, 1.82) is 0 Å². The minimum atomic E-state index is -0.423. The zero-order valence-corrected chi connectivity index (χ0v) is 10.7. The van der Waals surface area contributed by atoms with Gasteiger partial charge in [0.2, 0.25) is 0 Å². The summed E-state index contributed by atoms with van der Waals surface area (Å²) in [5.41, 5.74) is 7.86. The molecule has 0 saturated heterocycles. The van der Waals surface area contributed by atoms with Gasteiger partial charge in [-0.1, -0.05) is 36.4 Å². The molecule has 17 heavy (non-hydrogen) atoms. The average molecular weight is 229 g/mol. The molecule has 2 heteroatoms. The van der Waals surface area contributed by atoms with Gasteiger partial charge in [0.15, 0.2) is 0 Å². The lowest BCUT2D eigenvalue weighted by Crippen LogP contribution is -2.33. The van der Waals surface area contributed by atoms with Crippen LogP contribution >= 0.6 is 0 Å². The third kappa shape index (κ3) is 1.94. The molecule has 90 valence electrons.